The molecule has 0 fully saturated rings. The van der Waals surface area contributed by atoms with Crippen LogP contribution in [-0.4, -0.2) is 29.4 Å². The fourth-order valence-electron chi connectivity index (χ4n) is 2.04. The second-order valence-electron chi connectivity index (χ2n) is 4.31. The van der Waals surface area contributed by atoms with Crippen LogP contribution in [0.2, 0.25) is 0 Å². The summed E-state index contributed by atoms with van der Waals surface area (Å²) < 4.78 is 10.1. The Morgan fingerprint density at radius 2 is 2.33 bits per heavy atom. The summed E-state index contributed by atoms with van der Waals surface area (Å²) in [6, 6.07) is 4.56. The summed E-state index contributed by atoms with van der Waals surface area (Å²) >= 11 is 0. The van der Waals surface area contributed by atoms with Crippen molar-refractivity contribution in [3.8, 4) is 11.5 Å². The summed E-state index contributed by atoms with van der Waals surface area (Å²) in [6.45, 7) is 2.16. The number of rotatable bonds is 4. The van der Waals surface area contributed by atoms with E-state index in [-0.39, 0.29) is 31.2 Å². The number of aromatic hydroxyl groups is 1. The van der Waals surface area contributed by atoms with E-state index in [1.165, 1.54) is 12.1 Å². The predicted octanol–water partition coefficient (Wildman–Crippen LogP) is 1.32. The van der Waals surface area contributed by atoms with Crippen LogP contribution in [0.1, 0.15) is 25.3 Å². The summed E-state index contributed by atoms with van der Waals surface area (Å²) in [5, 5.41) is 19.8. The Balaban J connectivity index is 2.08. The van der Waals surface area contributed by atoms with Gasteiger partial charge in [-0.25, -0.2) is 0 Å². The Hall–Kier alpha value is -1.75. The fourth-order valence-corrected chi connectivity index (χ4v) is 2.04. The SMILES string of the molecule is CCOC(=O)CCC1(O)COc2cc(O)ccc21. The first-order chi connectivity index (χ1) is 8.55. The maximum atomic E-state index is 11.3. The molecule has 18 heavy (non-hydrogen) atoms. The molecular weight excluding hydrogens is 236 g/mol. The van der Waals surface area contributed by atoms with Gasteiger partial charge in [0.25, 0.3) is 0 Å². The van der Waals surface area contributed by atoms with Crippen molar-refractivity contribution >= 4 is 5.97 Å². The Morgan fingerprint density at radius 1 is 1.56 bits per heavy atom. The minimum atomic E-state index is -1.18. The predicted molar refractivity (Wildman–Crippen MR) is 63.4 cm³/mol. The van der Waals surface area contributed by atoms with Crippen molar-refractivity contribution < 1.29 is 24.5 Å². The Kier molecular flexibility index (Phi) is 3.43. The second-order valence-corrected chi connectivity index (χ2v) is 4.31. The molecule has 1 aromatic carbocycles. The largest absolute Gasteiger partial charge is 0.508 e. The van der Waals surface area contributed by atoms with Gasteiger partial charge < -0.3 is 19.7 Å². The van der Waals surface area contributed by atoms with Gasteiger partial charge in [0.15, 0.2) is 0 Å². The van der Waals surface area contributed by atoms with Gasteiger partial charge in [-0.3, -0.25) is 4.79 Å². The van der Waals surface area contributed by atoms with Gasteiger partial charge >= 0.3 is 5.97 Å². The quantitative estimate of drug-likeness (QED) is 0.790. The van der Waals surface area contributed by atoms with Crippen LogP contribution in [0.15, 0.2) is 18.2 Å². The van der Waals surface area contributed by atoms with E-state index in [1.807, 2.05) is 0 Å². The number of aliphatic hydroxyl groups is 1. The number of hydrogen-bond donors (Lipinski definition) is 2. The molecule has 0 spiro atoms. The lowest BCUT2D eigenvalue weighted by Crippen LogP contribution is -2.28. The second kappa shape index (κ2) is 4.86. The number of carbonyl (C=O) groups is 1. The lowest BCUT2D eigenvalue weighted by atomic mass is 9.91. The van der Waals surface area contributed by atoms with Crippen molar-refractivity contribution in [2.24, 2.45) is 0 Å². The normalized spacial score (nSPS) is 21.2. The van der Waals surface area contributed by atoms with Crippen molar-refractivity contribution in [3.63, 3.8) is 0 Å². The molecule has 0 aliphatic carbocycles. The van der Waals surface area contributed by atoms with Gasteiger partial charge in [-0.2, -0.15) is 0 Å². The molecule has 1 heterocycles. The van der Waals surface area contributed by atoms with Crippen molar-refractivity contribution in [1.29, 1.82) is 0 Å². The highest BCUT2D eigenvalue weighted by Gasteiger charge is 2.39. The third-order valence-electron chi connectivity index (χ3n) is 2.98. The number of phenolic OH excluding ortho intramolecular Hbond substituents is 1. The van der Waals surface area contributed by atoms with Crippen molar-refractivity contribution in [2.75, 3.05) is 13.2 Å². The van der Waals surface area contributed by atoms with E-state index >= 15 is 0 Å². The number of hydrogen-bond acceptors (Lipinski definition) is 5. The molecule has 0 radical (unpaired) electrons. The zero-order valence-electron chi connectivity index (χ0n) is 10.2. The number of carbonyl (C=O) groups excluding carboxylic acids is 1. The van der Waals surface area contributed by atoms with Gasteiger partial charge in [0.05, 0.1) is 6.61 Å². The van der Waals surface area contributed by atoms with E-state index in [4.69, 9.17) is 9.47 Å². The van der Waals surface area contributed by atoms with Crippen LogP contribution in [0.5, 0.6) is 11.5 Å². The molecule has 0 aromatic heterocycles. The maximum absolute atomic E-state index is 11.3. The van der Waals surface area contributed by atoms with Crippen LogP contribution in [-0.2, 0) is 15.1 Å². The van der Waals surface area contributed by atoms with Crippen LogP contribution in [0.4, 0.5) is 0 Å². The standard InChI is InChI=1S/C13H16O5/c1-2-17-12(15)5-6-13(16)8-18-11-7-9(14)3-4-10(11)13/h3-4,7,14,16H,2,5-6,8H2,1H3. The molecule has 0 bridgehead atoms. The molecule has 5 nitrogen and oxygen atoms in total. The monoisotopic (exact) mass is 252 g/mol. The molecule has 2 N–H and O–H groups in total. The summed E-state index contributed by atoms with van der Waals surface area (Å²) in [5.41, 5.74) is -0.583. The zero-order valence-corrected chi connectivity index (χ0v) is 10.2. The average Bonchev–Trinajstić information content (AvgIpc) is 2.65. The van der Waals surface area contributed by atoms with Gasteiger partial charge in [0.2, 0.25) is 0 Å². The maximum Gasteiger partial charge on any atom is 0.305 e. The van der Waals surface area contributed by atoms with Gasteiger partial charge in [-0.15, -0.1) is 0 Å². The Labute approximate surface area is 105 Å². The first-order valence-electron chi connectivity index (χ1n) is 5.89. The first kappa shape index (κ1) is 12.7. The van der Waals surface area contributed by atoms with E-state index in [1.54, 1.807) is 13.0 Å². The van der Waals surface area contributed by atoms with Gasteiger partial charge in [-0.05, 0) is 25.5 Å². The molecule has 2 rings (SSSR count). The van der Waals surface area contributed by atoms with E-state index in [2.05, 4.69) is 0 Å². The molecule has 0 saturated carbocycles. The summed E-state index contributed by atoms with van der Waals surface area (Å²) in [4.78, 5) is 11.3. The summed E-state index contributed by atoms with van der Waals surface area (Å²) in [5.74, 6) is 0.211. The Bertz CT molecular complexity index is 457. The van der Waals surface area contributed by atoms with E-state index in [0.717, 1.165) is 0 Å². The molecule has 1 aliphatic rings. The van der Waals surface area contributed by atoms with E-state index in [9.17, 15) is 15.0 Å². The van der Waals surface area contributed by atoms with Crippen LogP contribution in [0, 0.1) is 0 Å². The molecule has 0 amide bonds. The first-order valence-corrected chi connectivity index (χ1v) is 5.89. The highest BCUT2D eigenvalue weighted by molar-refractivity contribution is 5.69. The highest BCUT2D eigenvalue weighted by Crippen LogP contribution is 2.41. The van der Waals surface area contributed by atoms with E-state index in [0.29, 0.717) is 17.9 Å². The number of esters is 1. The van der Waals surface area contributed by atoms with Gasteiger partial charge in [0.1, 0.15) is 23.7 Å². The minimum Gasteiger partial charge on any atom is -0.508 e. The van der Waals surface area contributed by atoms with Crippen LogP contribution in [0.25, 0.3) is 0 Å². The number of fused-ring (bicyclic) bond motifs is 1. The number of phenols is 1. The van der Waals surface area contributed by atoms with Crippen LogP contribution in [0.3, 0.4) is 0 Å². The lowest BCUT2D eigenvalue weighted by Gasteiger charge is -2.20. The molecular formula is C13H16O5. The average molecular weight is 252 g/mol. The summed E-state index contributed by atoms with van der Waals surface area (Å²) in [6.07, 6.45) is 0.373. The molecule has 1 aliphatic heterocycles. The van der Waals surface area contributed by atoms with Crippen molar-refractivity contribution in [3.05, 3.63) is 23.8 Å². The molecule has 1 aromatic rings. The van der Waals surface area contributed by atoms with Crippen molar-refractivity contribution in [2.45, 2.75) is 25.4 Å². The third-order valence-corrected chi connectivity index (χ3v) is 2.98. The highest BCUT2D eigenvalue weighted by atomic mass is 16.5. The molecule has 1 unspecified atom stereocenters. The zero-order chi connectivity index (χ0) is 13.2. The van der Waals surface area contributed by atoms with Crippen LogP contribution >= 0.6 is 0 Å². The smallest absolute Gasteiger partial charge is 0.305 e. The van der Waals surface area contributed by atoms with Gasteiger partial charge in [0, 0.05) is 18.1 Å². The minimum absolute atomic E-state index is 0.0865. The van der Waals surface area contributed by atoms with Gasteiger partial charge in [-0.1, -0.05) is 0 Å². The Morgan fingerprint density at radius 3 is 3.06 bits per heavy atom. The molecule has 5 heteroatoms. The number of benzene rings is 1. The van der Waals surface area contributed by atoms with Crippen molar-refractivity contribution in [1.82, 2.24) is 0 Å². The van der Waals surface area contributed by atoms with Crippen LogP contribution < -0.4 is 4.74 Å². The summed E-state index contributed by atoms with van der Waals surface area (Å²) in [7, 11) is 0. The third kappa shape index (κ3) is 2.41. The lowest BCUT2D eigenvalue weighted by molar-refractivity contribution is -0.144. The molecule has 1 atom stereocenters. The fraction of sp³-hybridized carbons (Fsp3) is 0.462. The van der Waals surface area contributed by atoms with E-state index < -0.39 is 5.60 Å². The topological polar surface area (TPSA) is 76.0 Å². The molecule has 0 saturated heterocycles. The molecule has 98 valence electrons. The number of ether oxygens (including phenoxy) is 2.